The lowest BCUT2D eigenvalue weighted by atomic mass is 10.0. The highest BCUT2D eigenvalue weighted by molar-refractivity contribution is 7.92. The molecule has 48 heavy (non-hydrogen) atoms. The van der Waals surface area contributed by atoms with E-state index in [2.05, 4.69) is 5.32 Å². The molecule has 0 saturated carbocycles. The second-order valence-electron chi connectivity index (χ2n) is 11.2. The Morgan fingerprint density at radius 2 is 1.52 bits per heavy atom. The fourth-order valence-corrected chi connectivity index (χ4v) is 6.58. The van der Waals surface area contributed by atoms with Crippen molar-refractivity contribution in [2.24, 2.45) is 0 Å². The Labute approximate surface area is 286 Å². The zero-order chi connectivity index (χ0) is 34.8. The molecule has 0 aliphatic rings. The van der Waals surface area contributed by atoms with Gasteiger partial charge in [-0.3, -0.25) is 13.9 Å². The first-order chi connectivity index (χ1) is 23.0. The number of benzene rings is 4. The first-order valence-electron chi connectivity index (χ1n) is 15.3. The van der Waals surface area contributed by atoms with Crippen LogP contribution in [-0.2, 0) is 32.6 Å². The Kier molecular flexibility index (Phi) is 12.4. The fourth-order valence-electron chi connectivity index (χ4n) is 5.02. The molecule has 0 aliphatic carbocycles. The number of rotatable bonds is 15. The number of methoxy groups -OCH3 is 2. The Morgan fingerprint density at radius 3 is 2.12 bits per heavy atom. The minimum atomic E-state index is -4.45. The molecule has 0 bridgehead atoms. The van der Waals surface area contributed by atoms with Gasteiger partial charge in [0.25, 0.3) is 10.0 Å². The largest absolute Gasteiger partial charge is 0.493 e. The number of hydrogen-bond donors (Lipinski definition) is 1. The van der Waals surface area contributed by atoms with Crippen molar-refractivity contribution in [3.05, 3.63) is 119 Å². The maximum Gasteiger partial charge on any atom is 0.264 e. The van der Waals surface area contributed by atoms with Gasteiger partial charge < -0.3 is 19.7 Å². The van der Waals surface area contributed by atoms with Gasteiger partial charge in [0.1, 0.15) is 18.4 Å². The highest BCUT2D eigenvalue weighted by atomic mass is 35.5. The summed E-state index contributed by atoms with van der Waals surface area (Å²) < 4.78 is 54.1. The molecule has 4 aromatic carbocycles. The summed E-state index contributed by atoms with van der Waals surface area (Å²) in [5, 5.41) is 3.49. The highest BCUT2D eigenvalue weighted by Gasteiger charge is 2.35. The molecule has 2 unspecified atom stereocenters. The van der Waals surface area contributed by atoms with E-state index in [4.69, 9.17) is 21.1 Å². The molecule has 1 N–H and O–H groups in total. The van der Waals surface area contributed by atoms with Crippen molar-refractivity contribution in [1.82, 2.24) is 10.2 Å². The van der Waals surface area contributed by atoms with Crippen LogP contribution in [0.3, 0.4) is 0 Å². The Balaban J connectivity index is 1.82. The topological polar surface area (TPSA) is 105 Å². The third-order valence-corrected chi connectivity index (χ3v) is 9.90. The molecule has 9 nitrogen and oxygen atoms in total. The van der Waals surface area contributed by atoms with E-state index in [9.17, 15) is 22.4 Å². The standard InChI is InChI=1S/C36H39ClFN3O6S/c1-5-25(2)39-36(43)32(21-26-9-7-6-8-10-26)40(23-27-11-13-28(37)14-12-27)35(42)24-41(30-17-15-29(38)16-18-30)48(44,45)31-19-20-33(46-3)34(22-31)47-4/h6-20,22,25,32H,5,21,23-24H2,1-4H3,(H,39,43). The molecule has 0 radical (unpaired) electrons. The third-order valence-electron chi connectivity index (χ3n) is 7.87. The van der Waals surface area contributed by atoms with E-state index in [1.807, 2.05) is 44.2 Å². The average molecular weight is 696 g/mol. The van der Waals surface area contributed by atoms with E-state index in [1.165, 1.54) is 49.5 Å². The quantitative estimate of drug-likeness (QED) is 0.158. The molecular formula is C36H39ClFN3O6S. The van der Waals surface area contributed by atoms with Gasteiger partial charge in [-0.1, -0.05) is 61.0 Å². The average Bonchev–Trinajstić information content (AvgIpc) is 3.09. The lowest BCUT2D eigenvalue weighted by Crippen LogP contribution is -2.54. The van der Waals surface area contributed by atoms with Crippen LogP contribution < -0.4 is 19.1 Å². The highest BCUT2D eigenvalue weighted by Crippen LogP contribution is 2.32. The van der Waals surface area contributed by atoms with Crippen molar-refractivity contribution < 1.29 is 31.9 Å². The van der Waals surface area contributed by atoms with E-state index in [0.717, 1.165) is 22.0 Å². The zero-order valence-corrected chi connectivity index (χ0v) is 28.8. The second kappa shape index (κ2) is 16.5. The van der Waals surface area contributed by atoms with Crippen molar-refractivity contribution in [2.45, 2.75) is 50.2 Å². The van der Waals surface area contributed by atoms with Gasteiger partial charge in [-0.25, -0.2) is 12.8 Å². The van der Waals surface area contributed by atoms with Crippen LogP contribution in [0.15, 0.2) is 102 Å². The van der Waals surface area contributed by atoms with E-state index in [0.29, 0.717) is 22.8 Å². The van der Waals surface area contributed by atoms with Crippen LogP contribution in [0.4, 0.5) is 10.1 Å². The molecule has 4 aromatic rings. The monoisotopic (exact) mass is 695 g/mol. The summed E-state index contributed by atoms with van der Waals surface area (Å²) in [4.78, 5) is 29.7. The predicted molar refractivity (Wildman–Crippen MR) is 184 cm³/mol. The van der Waals surface area contributed by atoms with Crippen molar-refractivity contribution in [1.29, 1.82) is 0 Å². The number of carbonyl (C=O) groups excluding carboxylic acids is 2. The molecule has 2 amide bonds. The minimum absolute atomic E-state index is 0.0188. The number of anilines is 1. The Bertz CT molecular complexity index is 1790. The molecule has 0 heterocycles. The maximum atomic E-state index is 14.6. The lowest BCUT2D eigenvalue weighted by Gasteiger charge is -2.34. The number of ether oxygens (including phenoxy) is 2. The summed E-state index contributed by atoms with van der Waals surface area (Å²) >= 11 is 6.14. The summed E-state index contributed by atoms with van der Waals surface area (Å²) in [5.41, 5.74) is 1.54. The fraction of sp³-hybridized carbons (Fsp3) is 0.278. The smallest absolute Gasteiger partial charge is 0.264 e. The molecule has 0 aromatic heterocycles. The van der Waals surface area contributed by atoms with Gasteiger partial charge >= 0.3 is 0 Å². The second-order valence-corrected chi connectivity index (χ2v) is 13.5. The van der Waals surface area contributed by atoms with Crippen LogP contribution in [-0.4, -0.2) is 58.0 Å². The van der Waals surface area contributed by atoms with Crippen LogP contribution in [0, 0.1) is 5.82 Å². The van der Waals surface area contributed by atoms with Crippen molar-refractivity contribution in [3.63, 3.8) is 0 Å². The first-order valence-corrected chi connectivity index (χ1v) is 17.2. The summed E-state index contributed by atoms with van der Waals surface area (Å²) in [6.45, 7) is 3.09. The molecule has 254 valence electrons. The summed E-state index contributed by atoms with van der Waals surface area (Å²) in [6, 6.07) is 23.8. The number of amides is 2. The lowest BCUT2D eigenvalue weighted by molar-refractivity contribution is -0.140. The van der Waals surface area contributed by atoms with E-state index in [1.54, 1.807) is 24.3 Å². The van der Waals surface area contributed by atoms with Gasteiger partial charge in [0, 0.05) is 30.1 Å². The Hall–Kier alpha value is -4.61. The molecule has 0 aliphatic heterocycles. The number of sulfonamides is 1. The van der Waals surface area contributed by atoms with Gasteiger partial charge in [0.15, 0.2) is 11.5 Å². The Morgan fingerprint density at radius 1 is 0.875 bits per heavy atom. The van der Waals surface area contributed by atoms with Gasteiger partial charge in [-0.2, -0.15) is 0 Å². The van der Waals surface area contributed by atoms with E-state index >= 15 is 0 Å². The van der Waals surface area contributed by atoms with Gasteiger partial charge in [0.2, 0.25) is 11.8 Å². The molecule has 0 spiro atoms. The van der Waals surface area contributed by atoms with Crippen LogP contribution in [0.25, 0.3) is 0 Å². The molecule has 12 heteroatoms. The number of nitrogens with one attached hydrogen (secondary N) is 1. The summed E-state index contributed by atoms with van der Waals surface area (Å²) in [7, 11) is -1.65. The van der Waals surface area contributed by atoms with Crippen LogP contribution in [0.1, 0.15) is 31.4 Å². The number of nitrogens with zero attached hydrogens (tertiary/aromatic N) is 2. The molecular weight excluding hydrogens is 657 g/mol. The minimum Gasteiger partial charge on any atom is -0.493 e. The molecule has 4 rings (SSSR count). The molecule has 0 fully saturated rings. The number of halogens is 2. The van der Waals surface area contributed by atoms with Gasteiger partial charge in [0.05, 0.1) is 24.8 Å². The van der Waals surface area contributed by atoms with Crippen molar-refractivity contribution in [2.75, 3.05) is 25.1 Å². The van der Waals surface area contributed by atoms with Crippen molar-refractivity contribution >= 4 is 39.1 Å². The maximum absolute atomic E-state index is 14.6. The predicted octanol–water partition coefficient (Wildman–Crippen LogP) is 6.25. The van der Waals surface area contributed by atoms with E-state index in [-0.39, 0.29) is 41.2 Å². The molecule has 0 saturated heterocycles. The van der Waals surface area contributed by atoms with Crippen LogP contribution in [0.2, 0.25) is 5.02 Å². The normalized spacial score (nSPS) is 12.5. The third kappa shape index (κ3) is 9.05. The van der Waals surface area contributed by atoms with Crippen LogP contribution in [0.5, 0.6) is 11.5 Å². The van der Waals surface area contributed by atoms with Gasteiger partial charge in [-0.05, 0) is 73.0 Å². The first kappa shape index (κ1) is 36.2. The van der Waals surface area contributed by atoms with E-state index < -0.39 is 34.3 Å². The summed E-state index contributed by atoms with van der Waals surface area (Å²) in [6.07, 6.45) is 0.832. The van der Waals surface area contributed by atoms with Gasteiger partial charge in [-0.15, -0.1) is 0 Å². The number of carbonyl (C=O) groups is 2. The number of hydrogen-bond acceptors (Lipinski definition) is 6. The van der Waals surface area contributed by atoms with Crippen molar-refractivity contribution in [3.8, 4) is 11.5 Å². The zero-order valence-electron chi connectivity index (χ0n) is 27.2. The summed E-state index contributed by atoms with van der Waals surface area (Å²) in [5.74, 6) is -1.14. The van der Waals surface area contributed by atoms with Crippen LogP contribution >= 0.6 is 11.6 Å². The SMILES string of the molecule is CCC(C)NC(=O)C(Cc1ccccc1)N(Cc1ccc(Cl)cc1)C(=O)CN(c1ccc(F)cc1)S(=O)(=O)c1ccc(OC)c(OC)c1. The molecule has 2 atom stereocenters.